The van der Waals surface area contributed by atoms with Crippen LogP contribution in [0.4, 0.5) is 0 Å². The molecule has 0 aromatic rings. The molecule has 1 unspecified atom stereocenters. The summed E-state index contributed by atoms with van der Waals surface area (Å²) in [6, 6.07) is 0.257. The molecule has 0 spiro atoms. The number of amides is 1. The maximum Gasteiger partial charge on any atom is 0.305 e. The Bertz CT molecular complexity index is 304. The Morgan fingerprint density at radius 3 is 2.50 bits per heavy atom. The number of nitrogens with zero attached hydrogens (tertiary/aromatic N) is 1. The van der Waals surface area contributed by atoms with Gasteiger partial charge in [0.25, 0.3) is 0 Å². The predicted octanol–water partition coefficient (Wildman–Crippen LogP) is 1.23. The largest absolute Gasteiger partial charge is 0.481 e. The van der Waals surface area contributed by atoms with Gasteiger partial charge in [0.2, 0.25) is 5.91 Å². The Kier molecular flexibility index (Phi) is 5.14. The highest BCUT2D eigenvalue weighted by Crippen LogP contribution is 2.18. The first kappa shape index (κ1) is 15.0. The van der Waals surface area contributed by atoms with E-state index >= 15 is 0 Å². The van der Waals surface area contributed by atoms with Crippen LogP contribution in [0.5, 0.6) is 0 Å². The van der Waals surface area contributed by atoms with E-state index in [4.69, 9.17) is 5.11 Å². The first-order valence-electron chi connectivity index (χ1n) is 6.56. The Labute approximate surface area is 109 Å². The lowest BCUT2D eigenvalue weighted by Crippen LogP contribution is -2.48. The first-order valence-corrected chi connectivity index (χ1v) is 6.56. The topological polar surface area (TPSA) is 69.6 Å². The second-order valence-electron chi connectivity index (χ2n) is 5.86. The van der Waals surface area contributed by atoms with Crippen LogP contribution in [0.15, 0.2) is 0 Å². The molecular formula is C13H24N2O3. The number of carboxylic acid groups (broad SMARTS) is 1. The number of hydrogen-bond acceptors (Lipinski definition) is 3. The minimum atomic E-state index is -0.865. The summed E-state index contributed by atoms with van der Waals surface area (Å²) in [5.74, 6) is -0.820. The van der Waals surface area contributed by atoms with Crippen LogP contribution in [0.25, 0.3) is 0 Å². The second-order valence-corrected chi connectivity index (χ2v) is 5.86. The Balaban J connectivity index is 2.57. The van der Waals surface area contributed by atoms with Crippen molar-refractivity contribution in [3.05, 3.63) is 0 Å². The van der Waals surface area contributed by atoms with Gasteiger partial charge in [0.15, 0.2) is 0 Å². The second kappa shape index (κ2) is 6.18. The smallest absolute Gasteiger partial charge is 0.305 e. The maximum atomic E-state index is 12.3. The van der Waals surface area contributed by atoms with Crippen LogP contribution in [0.2, 0.25) is 0 Å². The Morgan fingerprint density at radius 2 is 2.06 bits per heavy atom. The summed E-state index contributed by atoms with van der Waals surface area (Å²) < 4.78 is 0. The van der Waals surface area contributed by atoms with Crippen molar-refractivity contribution in [2.75, 3.05) is 13.1 Å². The van der Waals surface area contributed by atoms with Gasteiger partial charge in [-0.15, -0.1) is 0 Å². The predicted molar refractivity (Wildman–Crippen MR) is 69.4 cm³/mol. The molecule has 1 amide bonds. The van der Waals surface area contributed by atoms with Crippen LogP contribution >= 0.6 is 0 Å². The number of aliphatic carboxylic acids is 1. The Hall–Kier alpha value is -1.10. The standard InChI is InChI=1S/C13H24N2O3/c1-13(2,3)15(8-6-12(17)18)11(16)9-10-5-4-7-14-10/h10,14H,4-9H2,1-3H3,(H,17,18). The van der Waals surface area contributed by atoms with Crippen LogP contribution < -0.4 is 5.32 Å². The van der Waals surface area contributed by atoms with E-state index in [0.717, 1.165) is 19.4 Å². The van der Waals surface area contributed by atoms with E-state index in [-0.39, 0.29) is 30.5 Å². The molecule has 2 N–H and O–H groups in total. The van der Waals surface area contributed by atoms with Crippen LogP contribution in [-0.2, 0) is 9.59 Å². The van der Waals surface area contributed by atoms with E-state index in [1.165, 1.54) is 0 Å². The van der Waals surface area contributed by atoms with E-state index in [1.54, 1.807) is 4.90 Å². The van der Waals surface area contributed by atoms with Crippen LogP contribution in [-0.4, -0.2) is 46.6 Å². The molecule has 1 fully saturated rings. The van der Waals surface area contributed by atoms with Crippen molar-refractivity contribution < 1.29 is 14.7 Å². The normalized spacial score (nSPS) is 19.8. The molecule has 1 atom stereocenters. The number of rotatable bonds is 5. The molecule has 104 valence electrons. The van der Waals surface area contributed by atoms with Gasteiger partial charge in [0, 0.05) is 24.5 Å². The van der Waals surface area contributed by atoms with Crippen molar-refractivity contribution in [3.63, 3.8) is 0 Å². The lowest BCUT2D eigenvalue weighted by Gasteiger charge is -2.36. The Morgan fingerprint density at radius 1 is 1.39 bits per heavy atom. The number of carboxylic acids is 1. The molecule has 0 aliphatic carbocycles. The summed E-state index contributed by atoms with van der Waals surface area (Å²) >= 11 is 0. The number of nitrogens with one attached hydrogen (secondary N) is 1. The van der Waals surface area contributed by atoms with Gasteiger partial charge in [0.05, 0.1) is 6.42 Å². The van der Waals surface area contributed by atoms with Gasteiger partial charge in [-0.2, -0.15) is 0 Å². The quantitative estimate of drug-likeness (QED) is 0.776. The van der Waals surface area contributed by atoms with E-state index < -0.39 is 5.97 Å². The molecule has 0 bridgehead atoms. The number of hydrogen-bond donors (Lipinski definition) is 2. The van der Waals surface area contributed by atoms with Crippen molar-refractivity contribution in [2.45, 2.75) is 58.0 Å². The molecule has 1 aliphatic heterocycles. The van der Waals surface area contributed by atoms with Crippen molar-refractivity contribution in [2.24, 2.45) is 0 Å². The molecule has 1 rings (SSSR count). The van der Waals surface area contributed by atoms with Crippen LogP contribution in [0.3, 0.4) is 0 Å². The number of carbonyl (C=O) groups excluding carboxylic acids is 1. The minimum Gasteiger partial charge on any atom is -0.481 e. The zero-order valence-corrected chi connectivity index (χ0v) is 11.5. The van der Waals surface area contributed by atoms with Gasteiger partial charge in [-0.3, -0.25) is 9.59 Å². The zero-order chi connectivity index (χ0) is 13.8. The third kappa shape index (κ3) is 4.64. The summed E-state index contributed by atoms with van der Waals surface area (Å²) in [6.07, 6.45) is 2.61. The fourth-order valence-electron chi connectivity index (χ4n) is 2.29. The summed E-state index contributed by atoms with van der Waals surface area (Å²) in [5, 5.41) is 12.0. The molecular weight excluding hydrogens is 232 g/mol. The third-order valence-electron chi connectivity index (χ3n) is 3.24. The molecule has 5 nitrogen and oxygen atoms in total. The van der Waals surface area contributed by atoms with Gasteiger partial charge in [-0.05, 0) is 40.2 Å². The van der Waals surface area contributed by atoms with Crippen molar-refractivity contribution in [3.8, 4) is 0 Å². The lowest BCUT2D eigenvalue weighted by atomic mass is 10.0. The summed E-state index contributed by atoms with van der Waals surface area (Å²) in [5.41, 5.74) is -0.328. The molecule has 1 saturated heterocycles. The molecule has 1 heterocycles. The highest BCUT2D eigenvalue weighted by Gasteiger charge is 2.29. The first-order chi connectivity index (χ1) is 8.30. The molecule has 0 aromatic heterocycles. The summed E-state index contributed by atoms with van der Waals surface area (Å²) in [4.78, 5) is 24.6. The van der Waals surface area contributed by atoms with Crippen LogP contribution in [0.1, 0.15) is 46.5 Å². The van der Waals surface area contributed by atoms with Crippen molar-refractivity contribution in [1.82, 2.24) is 10.2 Å². The van der Waals surface area contributed by atoms with Gasteiger partial charge in [0.1, 0.15) is 0 Å². The van der Waals surface area contributed by atoms with E-state index in [1.807, 2.05) is 20.8 Å². The lowest BCUT2D eigenvalue weighted by molar-refractivity contribution is -0.140. The molecule has 5 heteroatoms. The third-order valence-corrected chi connectivity index (χ3v) is 3.24. The van der Waals surface area contributed by atoms with Gasteiger partial charge < -0.3 is 15.3 Å². The molecule has 0 aromatic carbocycles. The average molecular weight is 256 g/mol. The average Bonchev–Trinajstić information content (AvgIpc) is 2.67. The summed E-state index contributed by atoms with van der Waals surface area (Å²) in [6.45, 7) is 7.07. The highest BCUT2D eigenvalue weighted by atomic mass is 16.4. The molecule has 18 heavy (non-hydrogen) atoms. The highest BCUT2D eigenvalue weighted by molar-refractivity contribution is 5.78. The monoisotopic (exact) mass is 256 g/mol. The van der Waals surface area contributed by atoms with E-state index in [2.05, 4.69) is 5.32 Å². The van der Waals surface area contributed by atoms with Gasteiger partial charge in [-0.25, -0.2) is 0 Å². The zero-order valence-electron chi connectivity index (χ0n) is 11.5. The fourth-order valence-corrected chi connectivity index (χ4v) is 2.29. The van der Waals surface area contributed by atoms with Gasteiger partial charge in [-0.1, -0.05) is 0 Å². The molecule has 0 saturated carbocycles. The van der Waals surface area contributed by atoms with E-state index in [9.17, 15) is 9.59 Å². The summed E-state index contributed by atoms with van der Waals surface area (Å²) in [7, 11) is 0. The van der Waals surface area contributed by atoms with Gasteiger partial charge >= 0.3 is 5.97 Å². The van der Waals surface area contributed by atoms with Crippen LogP contribution in [0, 0.1) is 0 Å². The molecule has 1 aliphatic rings. The van der Waals surface area contributed by atoms with Crippen molar-refractivity contribution in [1.29, 1.82) is 0 Å². The van der Waals surface area contributed by atoms with E-state index in [0.29, 0.717) is 6.42 Å². The van der Waals surface area contributed by atoms with Crippen molar-refractivity contribution >= 4 is 11.9 Å². The molecule has 0 radical (unpaired) electrons. The maximum absolute atomic E-state index is 12.3. The number of carbonyl (C=O) groups is 2. The minimum absolute atomic E-state index is 0.00110. The fraction of sp³-hybridized carbons (Fsp3) is 0.846. The SMILES string of the molecule is CC(C)(C)N(CCC(=O)O)C(=O)CC1CCCN1.